The van der Waals surface area contributed by atoms with Gasteiger partial charge in [0.1, 0.15) is 0 Å². The third kappa shape index (κ3) is 3.91. The molecule has 2 fully saturated rings. The molecule has 2 atom stereocenters. The van der Waals surface area contributed by atoms with E-state index in [9.17, 15) is 0 Å². The highest BCUT2D eigenvalue weighted by Crippen LogP contribution is 2.15. The Hall–Kier alpha value is -0.160. The SMILES string of the molecule is CC1CN(CC2CCCNC2)CCN1CCO. The first-order chi connectivity index (χ1) is 8.29. The van der Waals surface area contributed by atoms with Crippen molar-refractivity contribution in [3.63, 3.8) is 0 Å². The number of hydrogen-bond donors (Lipinski definition) is 2. The van der Waals surface area contributed by atoms with Crippen LogP contribution in [0.1, 0.15) is 19.8 Å². The van der Waals surface area contributed by atoms with E-state index >= 15 is 0 Å². The van der Waals surface area contributed by atoms with Gasteiger partial charge in [-0.2, -0.15) is 0 Å². The first kappa shape index (κ1) is 13.3. The molecule has 0 aromatic carbocycles. The summed E-state index contributed by atoms with van der Waals surface area (Å²) in [6, 6.07) is 0.590. The van der Waals surface area contributed by atoms with Crippen LogP contribution in [0.4, 0.5) is 0 Å². The van der Waals surface area contributed by atoms with Crippen molar-refractivity contribution in [2.24, 2.45) is 5.92 Å². The average molecular weight is 241 g/mol. The Kier molecular flexibility index (Phi) is 5.22. The highest BCUT2D eigenvalue weighted by atomic mass is 16.3. The topological polar surface area (TPSA) is 38.7 Å². The minimum Gasteiger partial charge on any atom is -0.395 e. The zero-order valence-corrected chi connectivity index (χ0v) is 11.1. The molecule has 0 radical (unpaired) electrons. The van der Waals surface area contributed by atoms with Crippen LogP contribution >= 0.6 is 0 Å². The summed E-state index contributed by atoms with van der Waals surface area (Å²) in [7, 11) is 0. The first-order valence-corrected chi connectivity index (χ1v) is 7.07. The summed E-state index contributed by atoms with van der Waals surface area (Å²) in [6.07, 6.45) is 2.73. The lowest BCUT2D eigenvalue weighted by atomic mass is 9.98. The van der Waals surface area contributed by atoms with Gasteiger partial charge < -0.3 is 15.3 Å². The molecule has 2 N–H and O–H groups in total. The molecule has 2 unspecified atom stereocenters. The first-order valence-electron chi connectivity index (χ1n) is 7.07. The lowest BCUT2D eigenvalue weighted by molar-refractivity contribution is 0.0577. The largest absolute Gasteiger partial charge is 0.395 e. The molecule has 0 aliphatic carbocycles. The zero-order valence-electron chi connectivity index (χ0n) is 11.1. The van der Waals surface area contributed by atoms with Gasteiger partial charge in [-0.15, -0.1) is 0 Å². The predicted molar refractivity (Wildman–Crippen MR) is 70.2 cm³/mol. The minimum atomic E-state index is 0.289. The molecule has 4 nitrogen and oxygen atoms in total. The van der Waals surface area contributed by atoms with Crippen LogP contribution in [0.5, 0.6) is 0 Å². The van der Waals surface area contributed by atoms with Gasteiger partial charge in [-0.3, -0.25) is 4.90 Å². The second-order valence-electron chi connectivity index (χ2n) is 5.58. The predicted octanol–water partition coefficient (Wildman–Crippen LogP) is -0.0156. The van der Waals surface area contributed by atoms with Gasteiger partial charge >= 0.3 is 0 Å². The van der Waals surface area contributed by atoms with E-state index in [4.69, 9.17) is 5.11 Å². The molecule has 2 heterocycles. The van der Waals surface area contributed by atoms with E-state index in [0.717, 1.165) is 25.6 Å². The van der Waals surface area contributed by atoms with Crippen LogP contribution in [0.3, 0.4) is 0 Å². The van der Waals surface area contributed by atoms with Crippen molar-refractivity contribution in [2.45, 2.75) is 25.8 Å². The Labute approximate surface area is 105 Å². The van der Waals surface area contributed by atoms with E-state index in [2.05, 4.69) is 22.0 Å². The number of rotatable bonds is 4. The van der Waals surface area contributed by atoms with E-state index in [1.165, 1.54) is 39.0 Å². The number of piperazine rings is 1. The smallest absolute Gasteiger partial charge is 0.0558 e. The number of hydrogen-bond acceptors (Lipinski definition) is 4. The molecule has 2 saturated heterocycles. The molecular formula is C13H27N3O. The van der Waals surface area contributed by atoms with E-state index < -0.39 is 0 Å². The van der Waals surface area contributed by atoms with Crippen molar-refractivity contribution in [3.8, 4) is 0 Å². The van der Waals surface area contributed by atoms with Gasteiger partial charge in [0.05, 0.1) is 6.61 Å². The Balaban J connectivity index is 1.72. The van der Waals surface area contributed by atoms with Crippen LogP contribution in [-0.4, -0.2) is 73.4 Å². The minimum absolute atomic E-state index is 0.289. The van der Waals surface area contributed by atoms with Gasteiger partial charge in [0, 0.05) is 38.8 Å². The van der Waals surface area contributed by atoms with E-state index in [1.54, 1.807) is 0 Å². The summed E-state index contributed by atoms with van der Waals surface area (Å²) in [5.41, 5.74) is 0. The maximum absolute atomic E-state index is 9.00. The van der Waals surface area contributed by atoms with Gasteiger partial charge in [-0.05, 0) is 38.8 Å². The molecule has 2 rings (SSSR count). The summed E-state index contributed by atoms with van der Waals surface area (Å²) in [5, 5.41) is 12.5. The maximum atomic E-state index is 9.00. The van der Waals surface area contributed by atoms with E-state index in [-0.39, 0.29) is 6.61 Å². The molecular weight excluding hydrogens is 214 g/mol. The molecule has 0 amide bonds. The fourth-order valence-corrected chi connectivity index (χ4v) is 3.14. The van der Waals surface area contributed by atoms with Crippen molar-refractivity contribution >= 4 is 0 Å². The third-order valence-electron chi connectivity index (χ3n) is 4.15. The molecule has 0 aromatic heterocycles. The number of nitrogens with zero attached hydrogens (tertiary/aromatic N) is 2. The normalized spacial score (nSPS) is 32.8. The molecule has 0 saturated carbocycles. The molecule has 0 aromatic rings. The number of piperidine rings is 1. The van der Waals surface area contributed by atoms with Crippen molar-refractivity contribution in [2.75, 3.05) is 52.4 Å². The number of β-amino-alcohol motifs (C(OH)–C–C–N with tert-alkyl or cyclic N) is 1. The van der Waals surface area contributed by atoms with Crippen molar-refractivity contribution < 1.29 is 5.11 Å². The quantitative estimate of drug-likeness (QED) is 0.726. The Bertz CT molecular complexity index is 219. The van der Waals surface area contributed by atoms with Gasteiger partial charge in [-0.1, -0.05) is 0 Å². The maximum Gasteiger partial charge on any atom is 0.0558 e. The summed E-state index contributed by atoms with van der Waals surface area (Å²) in [4.78, 5) is 5.01. The van der Waals surface area contributed by atoms with Crippen LogP contribution in [0.2, 0.25) is 0 Å². The molecule has 17 heavy (non-hydrogen) atoms. The lowest BCUT2D eigenvalue weighted by Gasteiger charge is -2.41. The molecule has 4 heteroatoms. The Morgan fingerprint density at radius 3 is 2.88 bits per heavy atom. The number of aliphatic hydroxyl groups excluding tert-OH is 1. The van der Waals surface area contributed by atoms with Crippen LogP contribution in [0.15, 0.2) is 0 Å². The fourth-order valence-electron chi connectivity index (χ4n) is 3.14. The summed E-state index contributed by atoms with van der Waals surface area (Å²) in [6.45, 7) is 10.5. The van der Waals surface area contributed by atoms with Crippen LogP contribution in [-0.2, 0) is 0 Å². The molecule has 2 aliphatic heterocycles. The average Bonchev–Trinajstić information content (AvgIpc) is 2.34. The second-order valence-corrected chi connectivity index (χ2v) is 5.58. The fraction of sp³-hybridized carbons (Fsp3) is 1.00. The summed E-state index contributed by atoms with van der Waals surface area (Å²) >= 11 is 0. The number of nitrogens with one attached hydrogen (secondary N) is 1. The van der Waals surface area contributed by atoms with Crippen molar-refractivity contribution in [1.82, 2.24) is 15.1 Å². The standard InChI is InChI=1S/C13H27N3O/c1-12-10-15(5-6-16(12)7-8-17)11-13-3-2-4-14-9-13/h12-14,17H,2-11H2,1H3. The Morgan fingerprint density at radius 1 is 1.35 bits per heavy atom. The van der Waals surface area contributed by atoms with E-state index in [0.29, 0.717) is 6.04 Å². The van der Waals surface area contributed by atoms with Crippen molar-refractivity contribution in [3.05, 3.63) is 0 Å². The van der Waals surface area contributed by atoms with Gasteiger partial charge in [-0.25, -0.2) is 0 Å². The molecule has 0 spiro atoms. The number of aliphatic hydroxyl groups is 1. The lowest BCUT2D eigenvalue weighted by Crippen LogP contribution is -2.54. The van der Waals surface area contributed by atoms with Crippen LogP contribution < -0.4 is 5.32 Å². The molecule has 0 bridgehead atoms. The zero-order chi connectivity index (χ0) is 12.1. The van der Waals surface area contributed by atoms with Crippen molar-refractivity contribution in [1.29, 1.82) is 0 Å². The highest BCUT2D eigenvalue weighted by Gasteiger charge is 2.25. The molecule has 100 valence electrons. The highest BCUT2D eigenvalue weighted by molar-refractivity contribution is 4.81. The Morgan fingerprint density at radius 2 is 2.24 bits per heavy atom. The summed E-state index contributed by atoms with van der Waals surface area (Å²) in [5.74, 6) is 0.848. The second kappa shape index (κ2) is 6.69. The third-order valence-corrected chi connectivity index (χ3v) is 4.15. The van der Waals surface area contributed by atoms with Gasteiger partial charge in [0.25, 0.3) is 0 Å². The van der Waals surface area contributed by atoms with Crippen LogP contribution in [0, 0.1) is 5.92 Å². The van der Waals surface area contributed by atoms with E-state index in [1.807, 2.05) is 0 Å². The van der Waals surface area contributed by atoms with Gasteiger partial charge in [0.15, 0.2) is 0 Å². The van der Waals surface area contributed by atoms with Gasteiger partial charge in [0.2, 0.25) is 0 Å². The molecule has 2 aliphatic rings. The monoisotopic (exact) mass is 241 g/mol. The summed E-state index contributed by atoms with van der Waals surface area (Å²) < 4.78 is 0. The van der Waals surface area contributed by atoms with Crippen LogP contribution in [0.25, 0.3) is 0 Å².